The highest BCUT2D eigenvalue weighted by Gasteiger charge is 2.30. The third kappa shape index (κ3) is 5.01. The van der Waals surface area contributed by atoms with E-state index in [0.29, 0.717) is 19.0 Å². The lowest BCUT2D eigenvalue weighted by Gasteiger charge is -2.08. The number of aliphatic hydroxyl groups is 1. The van der Waals surface area contributed by atoms with Gasteiger partial charge in [0.2, 0.25) is 0 Å². The van der Waals surface area contributed by atoms with Crippen LogP contribution in [-0.4, -0.2) is 36.5 Å². The molecule has 0 saturated carbocycles. The van der Waals surface area contributed by atoms with Crippen LogP contribution in [0.1, 0.15) is 5.56 Å². The maximum absolute atomic E-state index is 12.2. The molecule has 1 aromatic heterocycles. The average molecular weight is 250 g/mol. The number of ether oxygens (including phenoxy) is 1. The number of alkyl halides is 3. The lowest BCUT2D eigenvalue weighted by Crippen LogP contribution is -2.12. The van der Waals surface area contributed by atoms with Crippen LogP contribution in [0.25, 0.3) is 0 Å². The van der Waals surface area contributed by atoms with Gasteiger partial charge in [-0.15, -0.1) is 0 Å². The monoisotopic (exact) mass is 250 g/mol. The van der Waals surface area contributed by atoms with Crippen molar-refractivity contribution in [1.29, 1.82) is 0 Å². The van der Waals surface area contributed by atoms with Gasteiger partial charge in [0.05, 0.1) is 25.4 Å². The molecule has 2 N–H and O–H groups in total. The molecule has 0 amide bonds. The van der Waals surface area contributed by atoms with Crippen molar-refractivity contribution in [2.24, 2.45) is 0 Å². The van der Waals surface area contributed by atoms with E-state index < -0.39 is 11.7 Å². The van der Waals surface area contributed by atoms with Gasteiger partial charge in [-0.1, -0.05) is 0 Å². The van der Waals surface area contributed by atoms with Gasteiger partial charge < -0.3 is 15.2 Å². The lowest BCUT2D eigenvalue weighted by atomic mass is 10.3. The van der Waals surface area contributed by atoms with E-state index in [1.807, 2.05) is 0 Å². The van der Waals surface area contributed by atoms with Crippen LogP contribution in [0.15, 0.2) is 18.3 Å². The maximum Gasteiger partial charge on any atom is 0.417 e. The smallest absolute Gasteiger partial charge is 0.394 e. The third-order valence-corrected chi connectivity index (χ3v) is 1.88. The molecule has 1 rings (SSSR count). The second-order valence-corrected chi connectivity index (χ2v) is 3.19. The van der Waals surface area contributed by atoms with Gasteiger partial charge in [-0.25, -0.2) is 4.98 Å². The van der Waals surface area contributed by atoms with Gasteiger partial charge in [0.1, 0.15) is 5.82 Å². The molecule has 4 nitrogen and oxygen atoms in total. The molecule has 7 heteroatoms. The fourth-order valence-electron chi connectivity index (χ4n) is 1.08. The molecular formula is C10H13F3N2O2. The summed E-state index contributed by atoms with van der Waals surface area (Å²) in [7, 11) is 0. The summed E-state index contributed by atoms with van der Waals surface area (Å²) in [6.07, 6.45) is -3.59. The molecule has 0 saturated heterocycles. The second kappa shape index (κ2) is 6.41. The molecule has 0 aliphatic heterocycles. The van der Waals surface area contributed by atoms with Crippen LogP contribution in [0.4, 0.5) is 19.0 Å². The number of hydrogen-bond acceptors (Lipinski definition) is 4. The Morgan fingerprint density at radius 2 is 2.06 bits per heavy atom. The Bertz CT molecular complexity index is 327. The number of hydrogen-bond donors (Lipinski definition) is 2. The highest BCUT2D eigenvalue weighted by atomic mass is 19.4. The fraction of sp³-hybridized carbons (Fsp3) is 0.500. The SMILES string of the molecule is OCCOCCNc1ccc(C(F)(F)F)cn1. The van der Waals surface area contributed by atoms with E-state index >= 15 is 0 Å². The van der Waals surface area contributed by atoms with Crippen LogP contribution < -0.4 is 5.32 Å². The summed E-state index contributed by atoms with van der Waals surface area (Å²) in [6.45, 7) is 0.947. The molecule has 0 bridgehead atoms. The van der Waals surface area contributed by atoms with E-state index in [-0.39, 0.29) is 13.2 Å². The minimum Gasteiger partial charge on any atom is -0.394 e. The van der Waals surface area contributed by atoms with E-state index in [1.165, 1.54) is 6.07 Å². The largest absolute Gasteiger partial charge is 0.417 e. The molecule has 96 valence electrons. The molecule has 0 aliphatic rings. The van der Waals surface area contributed by atoms with Crippen molar-refractivity contribution in [1.82, 2.24) is 4.98 Å². The van der Waals surface area contributed by atoms with Crippen LogP contribution in [-0.2, 0) is 10.9 Å². The number of aliphatic hydroxyl groups excluding tert-OH is 1. The van der Waals surface area contributed by atoms with E-state index in [9.17, 15) is 13.2 Å². The van der Waals surface area contributed by atoms with Gasteiger partial charge in [0.25, 0.3) is 0 Å². The highest BCUT2D eigenvalue weighted by Crippen LogP contribution is 2.28. The zero-order valence-corrected chi connectivity index (χ0v) is 9.00. The standard InChI is InChI=1S/C10H13F3N2O2/c11-10(12,13)8-1-2-9(15-7-8)14-3-5-17-6-4-16/h1-2,7,16H,3-6H2,(H,14,15). The molecule has 0 aromatic carbocycles. The zero-order valence-electron chi connectivity index (χ0n) is 9.00. The minimum absolute atomic E-state index is 0.0570. The number of aromatic nitrogens is 1. The summed E-state index contributed by atoms with van der Waals surface area (Å²) >= 11 is 0. The van der Waals surface area contributed by atoms with E-state index in [2.05, 4.69) is 10.3 Å². The summed E-state index contributed by atoms with van der Waals surface area (Å²) in [6, 6.07) is 2.22. The molecular weight excluding hydrogens is 237 g/mol. The average Bonchev–Trinajstić information content (AvgIpc) is 2.28. The van der Waals surface area contributed by atoms with Gasteiger partial charge in [0.15, 0.2) is 0 Å². The number of nitrogens with zero attached hydrogens (tertiary/aromatic N) is 1. The topological polar surface area (TPSA) is 54.4 Å². The van der Waals surface area contributed by atoms with Crippen LogP contribution >= 0.6 is 0 Å². The van der Waals surface area contributed by atoms with Crippen LogP contribution in [0.5, 0.6) is 0 Å². The van der Waals surface area contributed by atoms with Gasteiger partial charge in [-0.2, -0.15) is 13.2 Å². The van der Waals surface area contributed by atoms with Crippen molar-refractivity contribution in [2.45, 2.75) is 6.18 Å². The molecule has 1 heterocycles. The number of anilines is 1. The Balaban J connectivity index is 2.36. The fourth-order valence-corrected chi connectivity index (χ4v) is 1.08. The number of nitrogens with one attached hydrogen (secondary N) is 1. The third-order valence-electron chi connectivity index (χ3n) is 1.88. The maximum atomic E-state index is 12.2. The molecule has 0 unspecified atom stereocenters. The first-order valence-corrected chi connectivity index (χ1v) is 5.00. The van der Waals surface area contributed by atoms with E-state index in [0.717, 1.165) is 12.3 Å². The Morgan fingerprint density at radius 3 is 2.59 bits per heavy atom. The summed E-state index contributed by atoms with van der Waals surface area (Å²) in [5.74, 6) is 0.352. The number of halogens is 3. The van der Waals surface area contributed by atoms with Crippen molar-refractivity contribution in [3.63, 3.8) is 0 Å². The van der Waals surface area contributed by atoms with Crippen molar-refractivity contribution in [3.8, 4) is 0 Å². The highest BCUT2D eigenvalue weighted by molar-refractivity contribution is 5.35. The van der Waals surface area contributed by atoms with Crippen LogP contribution in [0.2, 0.25) is 0 Å². The van der Waals surface area contributed by atoms with Crippen molar-refractivity contribution in [2.75, 3.05) is 31.7 Å². The predicted octanol–water partition coefficient (Wildman–Crippen LogP) is 1.52. The summed E-state index contributed by atoms with van der Waals surface area (Å²) in [5, 5.41) is 11.2. The van der Waals surface area contributed by atoms with Gasteiger partial charge >= 0.3 is 6.18 Å². The van der Waals surface area contributed by atoms with E-state index in [4.69, 9.17) is 9.84 Å². The second-order valence-electron chi connectivity index (χ2n) is 3.19. The Morgan fingerprint density at radius 1 is 1.29 bits per heavy atom. The number of pyridine rings is 1. The molecule has 0 aliphatic carbocycles. The molecule has 0 radical (unpaired) electrons. The molecule has 0 fully saturated rings. The summed E-state index contributed by atoms with van der Waals surface area (Å²) in [4.78, 5) is 3.63. The normalized spacial score (nSPS) is 11.5. The van der Waals surface area contributed by atoms with E-state index in [1.54, 1.807) is 0 Å². The van der Waals surface area contributed by atoms with Crippen LogP contribution in [0, 0.1) is 0 Å². The first kappa shape index (κ1) is 13.7. The van der Waals surface area contributed by atoms with Gasteiger partial charge in [0, 0.05) is 12.7 Å². The first-order chi connectivity index (χ1) is 8.04. The lowest BCUT2D eigenvalue weighted by molar-refractivity contribution is -0.137. The summed E-state index contributed by atoms with van der Waals surface area (Å²) in [5.41, 5.74) is -0.778. The van der Waals surface area contributed by atoms with Crippen molar-refractivity contribution >= 4 is 5.82 Å². The van der Waals surface area contributed by atoms with Crippen molar-refractivity contribution in [3.05, 3.63) is 23.9 Å². The number of rotatable bonds is 6. The Labute approximate surface area is 96.4 Å². The molecule has 17 heavy (non-hydrogen) atoms. The zero-order chi connectivity index (χ0) is 12.7. The minimum atomic E-state index is -4.37. The Kier molecular flexibility index (Phi) is 5.17. The van der Waals surface area contributed by atoms with Crippen molar-refractivity contribution < 1.29 is 23.0 Å². The molecule has 0 spiro atoms. The van der Waals surface area contributed by atoms with Gasteiger partial charge in [-0.3, -0.25) is 0 Å². The first-order valence-electron chi connectivity index (χ1n) is 5.00. The van der Waals surface area contributed by atoms with Crippen LogP contribution in [0.3, 0.4) is 0 Å². The Hall–Kier alpha value is -1.34. The predicted molar refractivity (Wildman–Crippen MR) is 55.6 cm³/mol. The molecule has 1 aromatic rings. The van der Waals surface area contributed by atoms with Gasteiger partial charge in [-0.05, 0) is 12.1 Å². The quantitative estimate of drug-likeness (QED) is 0.752. The molecule has 0 atom stereocenters. The summed E-state index contributed by atoms with van der Waals surface area (Å²) < 4.78 is 41.6.